The molecule has 0 aliphatic heterocycles. The second kappa shape index (κ2) is 5.61. The van der Waals surface area contributed by atoms with E-state index in [9.17, 15) is 9.90 Å². The summed E-state index contributed by atoms with van der Waals surface area (Å²) in [5.41, 5.74) is 9.10. The van der Waals surface area contributed by atoms with Crippen LogP contribution in [0.25, 0.3) is 0 Å². The maximum atomic E-state index is 12.2. The lowest BCUT2D eigenvalue weighted by molar-refractivity contribution is 0.0867. The smallest absolute Gasteiger partial charge is 0.251 e. The van der Waals surface area contributed by atoms with Gasteiger partial charge in [-0.2, -0.15) is 0 Å². The van der Waals surface area contributed by atoms with E-state index in [1.54, 1.807) is 6.07 Å². The van der Waals surface area contributed by atoms with Crippen LogP contribution in [0.15, 0.2) is 12.1 Å². The van der Waals surface area contributed by atoms with Gasteiger partial charge in [-0.1, -0.05) is 6.07 Å². The second-order valence-electron chi connectivity index (χ2n) is 5.50. The Balaban J connectivity index is 2.06. The Hall–Kier alpha value is -1.55. The third kappa shape index (κ3) is 3.26. The average Bonchev–Trinajstić information content (AvgIpc) is 2.36. The van der Waals surface area contributed by atoms with E-state index in [2.05, 4.69) is 5.32 Å². The summed E-state index contributed by atoms with van der Waals surface area (Å²) in [5, 5.41) is 12.5. The SMILES string of the molecule is Cc1cc(C)c(C(=O)NC2CCC(O)CC2)cc1N. The zero-order valence-corrected chi connectivity index (χ0v) is 11.6. The van der Waals surface area contributed by atoms with E-state index in [0.29, 0.717) is 11.3 Å². The minimum absolute atomic E-state index is 0.0643. The zero-order chi connectivity index (χ0) is 14.0. The van der Waals surface area contributed by atoms with Crippen molar-refractivity contribution in [3.05, 3.63) is 28.8 Å². The molecule has 1 saturated carbocycles. The van der Waals surface area contributed by atoms with Crippen LogP contribution in [0.4, 0.5) is 5.69 Å². The lowest BCUT2D eigenvalue weighted by Gasteiger charge is -2.26. The first-order valence-electron chi connectivity index (χ1n) is 6.83. The molecule has 1 amide bonds. The molecule has 2 rings (SSSR count). The number of nitrogens with two attached hydrogens (primary N) is 1. The van der Waals surface area contributed by atoms with Crippen LogP contribution in [0.2, 0.25) is 0 Å². The fourth-order valence-electron chi connectivity index (χ4n) is 2.60. The van der Waals surface area contributed by atoms with Crippen LogP contribution in [-0.4, -0.2) is 23.2 Å². The highest BCUT2D eigenvalue weighted by Crippen LogP contribution is 2.21. The monoisotopic (exact) mass is 262 g/mol. The summed E-state index contributed by atoms with van der Waals surface area (Å²) in [6.45, 7) is 3.86. The molecule has 0 atom stereocenters. The summed E-state index contributed by atoms with van der Waals surface area (Å²) in [6.07, 6.45) is 3.01. The normalized spacial score (nSPS) is 23.1. The van der Waals surface area contributed by atoms with Crippen molar-refractivity contribution < 1.29 is 9.90 Å². The Morgan fingerprint density at radius 2 is 1.84 bits per heavy atom. The van der Waals surface area contributed by atoms with Gasteiger partial charge >= 0.3 is 0 Å². The Morgan fingerprint density at radius 1 is 1.21 bits per heavy atom. The summed E-state index contributed by atoms with van der Waals surface area (Å²) >= 11 is 0. The lowest BCUT2D eigenvalue weighted by Crippen LogP contribution is -2.38. The van der Waals surface area contributed by atoms with Gasteiger partial charge in [0.15, 0.2) is 0 Å². The van der Waals surface area contributed by atoms with Gasteiger partial charge in [-0.15, -0.1) is 0 Å². The molecule has 104 valence electrons. The number of hydrogen-bond donors (Lipinski definition) is 3. The fourth-order valence-corrected chi connectivity index (χ4v) is 2.60. The molecule has 0 unspecified atom stereocenters. The number of amides is 1. The Morgan fingerprint density at radius 3 is 2.47 bits per heavy atom. The zero-order valence-electron chi connectivity index (χ0n) is 11.6. The molecule has 1 aliphatic rings. The number of aliphatic hydroxyl groups excluding tert-OH is 1. The van der Waals surface area contributed by atoms with Gasteiger partial charge in [0.05, 0.1) is 6.10 Å². The Kier molecular flexibility index (Phi) is 4.10. The first-order valence-corrected chi connectivity index (χ1v) is 6.83. The Labute approximate surface area is 114 Å². The number of rotatable bonds is 2. The maximum Gasteiger partial charge on any atom is 0.251 e. The van der Waals surface area contributed by atoms with Crippen molar-refractivity contribution in [1.82, 2.24) is 5.32 Å². The van der Waals surface area contributed by atoms with Crippen LogP contribution in [0.3, 0.4) is 0 Å². The first kappa shape index (κ1) is 13.9. The molecule has 1 aliphatic carbocycles. The van der Waals surface area contributed by atoms with Crippen molar-refractivity contribution in [1.29, 1.82) is 0 Å². The molecule has 0 saturated heterocycles. The second-order valence-corrected chi connectivity index (χ2v) is 5.50. The van der Waals surface area contributed by atoms with E-state index >= 15 is 0 Å². The van der Waals surface area contributed by atoms with Gasteiger partial charge in [-0.25, -0.2) is 0 Å². The number of nitrogens with one attached hydrogen (secondary N) is 1. The van der Waals surface area contributed by atoms with Gasteiger partial charge in [-0.05, 0) is 56.7 Å². The van der Waals surface area contributed by atoms with Gasteiger partial charge in [-0.3, -0.25) is 4.79 Å². The summed E-state index contributed by atoms with van der Waals surface area (Å²) in [7, 11) is 0. The van der Waals surface area contributed by atoms with E-state index in [4.69, 9.17) is 5.73 Å². The van der Waals surface area contributed by atoms with Gasteiger partial charge < -0.3 is 16.2 Å². The molecule has 4 nitrogen and oxygen atoms in total. The van der Waals surface area contributed by atoms with Crippen LogP contribution in [0.1, 0.15) is 47.2 Å². The van der Waals surface area contributed by atoms with Crippen LogP contribution in [0.5, 0.6) is 0 Å². The fraction of sp³-hybridized carbons (Fsp3) is 0.533. The molecule has 0 bridgehead atoms. The van der Waals surface area contributed by atoms with Crippen LogP contribution < -0.4 is 11.1 Å². The molecular weight excluding hydrogens is 240 g/mol. The molecule has 1 fully saturated rings. The molecule has 0 radical (unpaired) electrons. The van der Waals surface area contributed by atoms with Crippen molar-refractivity contribution in [2.75, 3.05) is 5.73 Å². The minimum atomic E-state index is -0.204. The van der Waals surface area contributed by atoms with E-state index in [1.165, 1.54) is 0 Å². The third-order valence-corrected chi connectivity index (χ3v) is 3.89. The van der Waals surface area contributed by atoms with Gasteiger partial charge in [0.2, 0.25) is 0 Å². The lowest BCUT2D eigenvalue weighted by atomic mass is 9.92. The first-order chi connectivity index (χ1) is 8.97. The molecule has 1 aromatic carbocycles. The Bertz CT molecular complexity index is 477. The number of carbonyl (C=O) groups excluding carboxylic acids is 1. The summed E-state index contributed by atoms with van der Waals surface area (Å²) in [5.74, 6) is -0.0643. The molecule has 19 heavy (non-hydrogen) atoms. The number of hydrogen-bond acceptors (Lipinski definition) is 3. The standard InChI is InChI=1S/C15H22N2O2/c1-9-7-10(2)14(16)8-13(9)15(19)17-11-3-5-12(18)6-4-11/h7-8,11-12,18H,3-6,16H2,1-2H3,(H,17,19). The molecule has 4 N–H and O–H groups in total. The molecule has 0 heterocycles. The molecular formula is C15H22N2O2. The van der Waals surface area contributed by atoms with Crippen LogP contribution in [-0.2, 0) is 0 Å². The average molecular weight is 262 g/mol. The molecule has 1 aromatic rings. The molecule has 0 spiro atoms. The quantitative estimate of drug-likeness (QED) is 0.713. The van der Waals surface area contributed by atoms with E-state index < -0.39 is 0 Å². The van der Waals surface area contributed by atoms with E-state index in [-0.39, 0.29) is 18.1 Å². The summed E-state index contributed by atoms with van der Waals surface area (Å²) < 4.78 is 0. The summed E-state index contributed by atoms with van der Waals surface area (Å²) in [4.78, 5) is 12.2. The predicted molar refractivity (Wildman–Crippen MR) is 76.1 cm³/mol. The number of anilines is 1. The van der Waals surface area contributed by atoms with Gasteiger partial charge in [0.1, 0.15) is 0 Å². The number of carbonyl (C=O) groups is 1. The molecule has 0 aromatic heterocycles. The number of aryl methyl sites for hydroxylation is 2. The van der Waals surface area contributed by atoms with Crippen molar-refractivity contribution >= 4 is 11.6 Å². The van der Waals surface area contributed by atoms with Crippen LogP contribution in [0, 0.1) is 13.8 Å². The van der Waals surface area contributed by atoms with Crippen molar-refractivity contribution in [2.45, 2.75) is 51.7 Å². The largest absolute Gasteiger partial charge is 0.398 e. The van der Waals surface area contributed by atoms with Gasteiger partial charge in [0, 0.05) is 17.3 Å². The highest BCUT2D eigenvalue weighted by Gasteiger charge is 2.22. The highest BCUT2D eigenvalue weighted by molar-refractivity contribution is 5.96. The van der Waals surface area contributed by atoms with Crippen molar-refractivity contribution in [2.24, 2.45) is 0 Å². The van der Waals surface area contributed by atoms with Gasteiger partial charge in [0.25, 0.3) is 5.91 Å². The van der Waals surface area contributed by atoms with E-state index in [0.717, 1.165) is 36.8 Å². The predicted octanol–water partition coefficient (Wildman–Crippen LogP) is 1.92. The van der Waals surface area contributed by atoms with Crippen molar-refractivity contribution in [3.63, 3.8) is 0 Å². The number of nitrogen functional groups attached to an aromatic ring is 1. The van der Waals surface area contributed by atoms with Crippen LogP contribution >= 0.6 is 0 Å². The van der Waals surface area contributed by atoms with Crippen molar-refractivity contribution in [3.8, 4) is 0 Å². The maximum absolute atomic E-state index is 12.2. The minimum Gasteiger partial charge on any atom is -0.398 e. The third-order valence-electron chi connectivity index (χ3n) is 3.89. The number of aliphatic hydroxyl groups is 1. The molecule has 4 heteroatoms. The number of benzene rings is 1. The summed E-state index contributed by atoms with van der Waals surface area (Å²) in [6, 6.07) is 3.85. The van der Waals surface area contributed by atoms with E-state index in [1.807, 2.05) is 19.9 Å². The highest BCUT2D eigenvalue weighted by atomic mass is 16.3. The topological polar surface area (TPSA) is 75.3 Å².